The van der Waals surface area contributed by atoms with E-state index in [0.29, 0.717) is 6.54 Å². The third kappa shape index (κ3) is 4.79. The first-order valence-corrected chi connectivity index (χ1v) is 10.4. The van der Waals surface area contributed by atoms with Crippen molar-refractivity contribution in [3.63, 3.8) is 0 Å². The molecule has 1 fully saturated rings. The summed E-state index contributed by atoms with van der Waals surface area (Å²) in [6.07, 6.45) is 6.94. The van der Waals surface area contributed by atoms with Crippen LogP contribution < -0.4 is 15.4 Å². The van der Waals surface area contributed by atoms with Gasteiger partial charge in [-0.15, -0.1) is 11.3 Å². The van der Waals surface area contributed by atoms with E-state index in [9.17, 15) is 4.79 Å². The standard InChI is InChI=1S/C21H28N2O2S/c1-2-3-14-25-18-10-8-17(9-11-18)23-20(24)22-16-21(12-4-5-13-21)19-7-6-15-26-19/h6-11,15H,2-5,12-14,16H2,1H3,(H2,22,23,24). The van der Waals surface area contributed by atoms with Gasteiger partial charge in [0.25, 0.3) is 0 Å². The highest BCUT2D eigenvalue weighted by Crippen LogP contribution is 2.42. The van der Waals surface area contributed by atoms with E-state index in [4.69, 9.17) is 4.74 Å². The van der Waals surface area contributed by atoms with Gasteiger partial charge >= 0.3 is 6.03 Å². The van der Waals surface area contributed by atoms with Crippen LogP contribution in [0.5, 0.6) is 5.75 Å². The molecule has 5 heteroatoms. The third-order valence-corrected chi connectivity index (χ3v) is 6.19. The zero-order chi connectivity index (χ0) is 18.2. The van der Waals surface area contributed by atoms with Crippen molar-refractivity contribution in [1.29, 1.82) is 0 Å². The summed E-state index contributed by atoms with van der Waals surface area (Å²) >= 11 is 1.80. The van der Waals surface area contributed by atoms with E-state index < -0.39 is 0 Å². The Morgan fingerprint density at radius 3 is 2.62 bits per heavy atom. The molecule has 2 N–H and O–H groups in total. The normalized spacial score (nSPS) is 15.6. The fourth-order valence-electron chi connectivity index (χ4n) is 3.54. The van der Waals surface area contributed by atoms with E-state index in [1.54, 1.807) is 11.3 Å². The number of amides is 2. The Morgan fingerprint density at radius 2 is 1.96 bits per heavy atom. The lowest BCUT2D eigenvalue weighted by Crippen LogP contribution is -2.40. The van der Waals surface area contributed by atoms with E-state index in [2.05, 4.69) is 35.1 Å². The Balaban J connectivity index is 1.50. The maximum absolute atomic E-state index is 12.3. The number of nitrogens with one attached hydrogen (secondary N) is 2. The lowest BCUT2D eigenvalue weighted by atomic mass is 9.84. The number of hydrogen-bond donors (Lipinski definition) is 2. The summed E-state index contributed by atoms with van der Waals surface area (Å²) in [7, 11) is 0. The van der Waals surface area contributed by atoms with E-state index >= 15 is 0 Å². The number of carbonyl (C=O) groups is 1. The summed E-state index contributed by atoms with van der Waals surface area (Å²) in [5.74, 6) is 0.840. The molecular formula is C21H28N2O2S. The van der Waals surface area contributed by atoms with Gasteiger partial charge in [0.15, 0.2) is 0 Å². The van der Waals surface area contributed by atoms with Gasteiger partial charge in [0.2, 0.25) is 0 Å². The predicted octanol–water partition coefficient (Wildman–Crippen LogP) is 5.56. The minimum Gasteiger partial charge on any atom is -0.494 e. The van der Waals surface area contributed by atoms with Gasteiger partial charge in [0, 0.05) is 22.5 Å². The molecule has 1 heterocycles. The minimum atomic E-state index is -0.146. The van der Waals surface area contributed by atoms with Gasteiger partial charge in [-0.3, -0.25) is 0 Å². The predicted molar refractivity (Wildman–Crippen MR) is 108 cm³/mol. The zero-order valence-electron chi connectivity index (χ0n) is 15.4. The van der Waals surface area contributed by atoms with Gasteiger partial charge in [-0.05, 0) is 55.0 Å². The lowest BCUT2D eigenvalue weighted by Gasteiger charge is -2.28. The molecule has 0 atom stereocenters. The number of hydrogen-bond acceptors (Lipinski definition) is 3. The molecule has 0 radical (unpaired) electrons. The number of unbranched alkanes of at least 4 members (excludes halogenated alkanes) is 1. The minimum absolute atomic E-state index is 0.114. The van der Waals surface area contributed by atoms with Crippen LogP contribution >= 0.6 is 11.3 Å². The molecule has 0 unspecified atom stereocenters. The quantitative estimate of drug-likeness (QED) is 0.596. The molecule has 4 nitrogen and oxygen atoms in total. The summed E-state index contributed by atoms with van der Waals surface area (Å²) in [5, 5.41) is 8.13. The fraction of sp³-hybridized carbons (Fsp3) is 0.476. The number of urea groups is 1. The summed E-state index contributed by atoms with van der Waals surface area (Å²) in [5.41, 5.74) is 0.893. The van der Waals surface area contributed by atoms with Crippen LogP contribution in [0.3, 0.4) is 0 Å². The summed E-state index contributed by atoms with van der Waals surface area (Å²) in [4.78, 5) is 13.7. The van der Waals surface area contributed by atoms with Gasteiger partial charge in [-0.2, -0.15) is 0 Å². The SMILES string of the molecule is CCCCOc1ccc(NC(=O)NCC2(c3cccs3)CCCC2)cc1. The molecule has 1 aliphatic rings. The maximum atomic E-state index is 12.3. The number of ether oxygens (including phenoxy) is 1. The van der Waals surface area contributed by atoms with E-state index in [0.717, 1.165) is 43.7 Å². The first-order valence-electron chi connectivity index (χ1n) is 9.53. The highest BCUT2D eigenvalue weighted by Gasteiger charge is 2.36. The number of rotatable bonds is 8. The third-order valence-electron chi connectivity index (χ3n) is 5.07. The van der Waals surface area contributed by atoms with Gasteiger partial charge < -0.3 is 15.4 Å². The van der Waals surface area contributed by atoms with Gasteiger partial charge in [0.05, 0.1) is 6.61 Å². The molecule has 1 saturated carbocycles. The highest BCUT2D eigenvalue weighted by molar-refractivity contribution is 7.10. The topological polar surface area (TPSA) is 50.4 Å². The molecule has 3 rings (SSSR count). The van der Waals surface area contributed by atoms with Crippen LogP contribution in [-0.4, -0.2) is 19.2 Å². The number of carbonyl (C=O) groups excluding carboxylic acids is 1. The monoisotopic (exact) mass is 372 g/mol. The van der Waals surface area contributed by atoms with Crippen molar-refractivity contribution in [3.05, 3.63) is 46.7 Å². The van der Waals surface area contributed by atoms with Crippen LogP contribution in [0, 0.1) is 0 Å². The Labute approximate surface area is 160 Å². The molecule has 0 bridgehead atoms. The Morgan fingerprint density at radius 1 is 1.19 bits per heavy atom. The van der Waals surface area contributed by atoms with Crippen molar-refractivity contribution in [2.75, 3.05) is 18.5 Å². The van der Waals surface area contributed by atoms with Crippen molar-refractivity contribution in [2.24, 2.45) is 0 Å². The Hall–Kier alpha value is -2.01. The molecule has 140 valence electrons. The second-order valence-electron chi connectivity index (χ2n) is 7.00. The molecule has 0 saturated heterocycles. The molecular weight excluding hydrogens is 344 g/mol. The Kier molecular flexibility index (Phi) is 6.56. The molecule has 1 aliphatic carbocycles. The summed E-state index contributed by atoms with van der Waals surface area (Å²) in [6, 6.07) is 11.7. The van der Waals surface area contributed by atoms with Crippen molar-refractivity contribution in [2.45, 2.75) is 50.9 Å². The molecule has 2 aromatic rings. The maximum Gasteiger partial charge on any atom is 0.319 e. The van der Waals surface area contributed by atoms with Crippen LogP contribution in [-0.2, 0) is 5.41 Å². The van der Waals surface area contributed by atoms with Gasteiger partial charge in [-0.1, -0.05) is 32.3 Å². The lowest BCUT2D eigenvalue weighted by molar-refractivity contribution is 0.248. The second kappa shape index (κ2) is 9.08. The first-order chi connectivity index (χ1) is 12.7. The van der Waals surface area contributed by atoms with Crippen LogP contribution in [0.1, 0.15) is 50.3 Å². The number of benzene rings is 1. The Bertz CT molecular complexity index is 677. The molecule has 1 aromatic heterocycles. The largest absolute Gasteiger partial charge is 0.494 e. The van der Waals surface area contributed by atoms with E-state index in [1.165, 1.54) is 17.7 Å². The smallest absolute Gasteiger partial charge is 0.319 e. The second-order valence-corrected chi connectivity index (χ2v) is 7.95. The van der Waals surface area contributed by atoms with Crippen LogP contribution in [0.2, 0.25) is 0 Å². The zero-order valence-corrected chi connectivity index (χ0v) is 16.2. The van der Waals surface area contributed by atoms with Crippen LogP contribution in [0.15, 0.2) is 41.8 Å². The first kappa shape index (κ1) is 18.8. The van der Waals surface area contributed by atoms with Crippen molar-refractivity contribution < 1.29 is 9.53 Å². The van der Waals surface area contributed by atoms with Gasteiger partial charge in [-0.25, -0.2) is 4.79 Å². The van der Waals surface area contributed by atoms with Crippen LogP contribution in [0.25, 0.3) is 0 Å². The summed E-state index contributed by atoms with van der Waals surface area (Å²) < 4.78 is 5.65. The summed E-state index contributed by atoms with van der Waals surface area (Å²) in [6.45, 7) is 3.56. The molecule has 0 aliphatic heterocycles. The number of thiophene rings is 1. The fourth-order valence-corrected chi connectivity index (χ4v) is 4.52. The molecule has 2 amide bonds. The van der Waals surface area contributed by atoms with Crippen molar-refractivity contribution >= 4 is 23.1 Å². The van der Waals surface area contributed by atoms with Gasteiger partial charge in [0.1, 0.15) is 5.75 Å². The number of anilines is 1. The molecule has 26 heavy (non-hydrogen) atoms. The van der Waals surface area contributed by atoms with Crippen LogP contribution in [0.4, 0.5) is 10.5 Å². The highest BCUT2D eigenvalue weighted by atomic mass is 32.1. The average Bonchev–Trinajstić information content (AvgIpc) is 3.34. The average molecular weight is 373 g/mol. The van der Waals surface area contributed by atoms with E-state index in [-0.39, 0.29) is 11.4 Å². The molecule has 0 spiro atoms. The molecule has 1 aromatic carbocycles. The van der Waals surface area contributed by atoms with Crippen molar-refractivity contribution in [1.82, 2.24) is 5.32 Å². The van der Waals surface area contributed by atoms with Crippen molar-refractivity contribution in [3.8, 4) is 5.75 Å². The van der Waals surface area contributed by atoms with E-state index in [1.807, 2.05) is 24.3 Å².